The Balaban J connectivity index is 1.83. The molecule has 1 aromatic heterocycles. The smallest absolute Gasteiger partial charge is 0.265 e. The van der Waals surface area contributed by atoms with Gasteiger partial charge >= 0.3 is 0 Å². The number of carbonyl (C=O) groups is 1. The fraction of sp³-hybridized carbons (Fsp3) is 0.214. The topological polar surface area (TPSA) is 55.6 Å². The zero-order valence-corrected chi connectivity index (χ0v) is 11.5. The lowest BCUT2D eigenvalue weighted by Gasteiger charge is -2.17. The van der Waals surface area contributed by atoms with Crippen LogP contribution in [0.3, 0.4) is 0 Å². The average molecular weight is 276 g/mol. The molecular weight excluding hydrogens is 260 g/mol. The fourth-order valence-electron chi connectivity index (χ4n) is 1.59. The highest BCUT2D eigenvalue weighted by Gasteiger charge is 2.15. The molecule has 0 saturated heterocycles. The number of thiophene rings is 1. The highest BCUT2D eigenvalue weighted by atomic mass is 32.1. The van der Waals surface area contributed by atoms with Gasteiger partial charge in [-0.15, -0.1) is 11.3 Å². The van der Waals surface area contributed by atoms with Gasteiger partial charge in [-0.05, 0) is 23.6 Å². The standard InChI is InChI=1S/C14H16N2O2S/c1-16(14(17)13-12(15)7-10-19-13)8-9-18-11-5-3-2-4-6-11/h2-7,10H,8-9,15H2,1H3. The molecule has 1 heterocycles. The predicted molar refractivity (Wildman–Crippen MR) is 77.6 cm³/mol. The SMILES string of the molecule is CN(CCOc1ccccc1)C(=O)c1sccc1N. The molecule has 5 heteroatoms. The van der Waals surface area contributed by atoms with Crippen LogP contribution < -0.4 is 10.5 Å². The van der Waals surface area contributed by atoms with Crippen molar-refractivity contribution >= 4 is 22.9 Å². The summed E-state index contributed by atoms with van der Waals surface area (Å²) in [6.45, 7) is 0.975. The van der Waals surface area contributed by atoms with Crippen LogP contribution in [-0.4, -0.2) is 31.0 Å². The molecule has 100 valence electrons. The summed E-state index contributed by atoms with van der Waals surface area (Å²) >= 11 is 1.36. The summed E-state index contributed by atoms with van der Waals surface area (Å²) in [7, 11) is 1.75. The van der Waals surface area contributed by atoms with Gasteiger partial charge in [0.1, 0.15) is 17.2 Å². The summed E-state index contributed by atoms with van der Waals surface area (Å²) in [5.74, 6) is 0.739. The number of amides is 1. The van der Waals surface area contributed by atoms with Gasteiger partial charge in [0.2, 0.25) is 0 Å². The molecule has 0 saturated carbocycles. The number of benzene rings is 1. The van der Waals surface area contributed by atoms with Gasteiger partial charge in [0.15, 0.2) is 0 Å². The van der Waals surface area contributed by atoms with Crippen LogP contribution in [0.5, 0.6) is 5.75 Å². The number of carbonyl (C=O) groups excluding carboxylic acids is 1. The van der Waals surface area contributed by atoms with Crippen LogP contribution in [0.1, 0.15) is 9.67 Å². The Morgan fingerprint density at radius 3 is 2.68 bits per heavy atom. The molecule has 0 aliphatic rings. The van der Waals surface area contributed by atoms with Crippen molar-refractivity contribution in [3.63, 3.8) is 0 Å². The van der Waals surface area contributed by atoms with E-state index in [0.717, 1.165) is 5.75 Å². The summed E-state index contributed by atoms with van der Waals surface area (Å²) < 4.78 is 5.55. The van der Waals surface area contributed by atoms with Crippen molar-refractivity contribution in [2.75, 3.05) is 25.9 Å². The largest absolute Gasteiger partial charge is 0.492 e. The van der Waals surface area contributed by atoms with Crippen LogP contribution in [0.15, 0.2) is 41.8 Å². The minimum Gasteiger partial charge on any atom is -0.492 e. The van der Waals surface area contributed by atoms with E-state index in [1.165, 1.54) is 11.3 Å². The first-order valence-electron chi connectivity index (χ1n) is 5.95. The van der Waals surface area contributed by atoms with E-state index in [-0.39, 0.29) is 5.91 Å². The molecule has 0 spiro atoms. The predicted octanol–water partition coefficient (Wildman–Crippen LogP) is 2.48. The second-order valence-electron chi connectivity index (χ2n) is 4.09. The zero-order valence-electron chi connectivity index (χ0n) is 10.7. The normalized spacial score (nSPS) is 10.2. The Kier molecular flexibility index (Phi) is 4.41. The van der Waals surface area contributed by atoms with Crippen molar-refractivity contribution < 1.29 is 9.53 Å². The maximum atomic E-state index is 12.1. The van der Waals surface area contributed by atoms with Gasteiger partial charge in [-0.3, -0.25) is 4.79 Å². The lowest BCUT2D eigenvalue weighted by molar-refractivity contribution is 0.0779. The molecule has 0 aliphatic carbocycles. The van der Waals surface area contributed by atoms with Crippen LogP contribution in [-0.2, 0) is 0 Å². The van der Waals surface area contributed by atoms with Crippen LogP contribution in [0.25, 0.3) is 0 Å². The summed E-state index contributed by atoms with van der Waals surface area (Å²) in [6, 6.07) is 11.3. The van der Waals surface area contributed by atoms with Gasteiger partial charge in [-0.2, -0.15) is 0 Å². The summed E-state index contributed by atoms with van der Waals surface area (Å²) in [4.78, 5) is 14.3. The molecule has 0 atom stereocenters. The monoisotopic (exact) mass is 276 g/mol. The molecule has 4 nitrogen and oxygen atoms in total. The molecule has 0 radical (unpaired) electrons. The van der Waals surface area contributed by atoms with Gasteiger partial charge in [-0.1, -0.05) is 18.2 Å². The Labute approximate surface area is 116 Å². The van der Waals surface area contributed by atoms with E-state index in [1.54, 1.807) is 18.0 Å². The summed E-state index contributed by atoms with van der Waals surface area (Å²) in [5.41, 5.74) is 6.26. The molecule has 2 rings (SSSR count). The highest BCUT2D eigenvalue weighted by molar-refractivity contribution is 7.12. The number of hydrogen-bond acceptors (Lipinski definition) is 4. The first-order chi connectivity index (χ1) is 9.18. The van der Waals surface area contributed by atoms with Crippen molar-refractivity contribution in [3.8, 4) is 5.75 Å². The number of anilines is 1. The first-order valence-corrected chi connectivity index (χ1v) is 6.82. The van der Waals surface area contributed by atoms with E-state index >= 15 is 0 Å². The van der Waals surface area contributed by atoms with E-state index < -0.39 is 0 Å². The number of ether oxygens (including phenoxy) is 1. The molecule has 0 unspecified atom stereocenters. The summed E-state index contributed by atoms with van der Waals surface area (Å²) in [6.07, 6.45) is 0. The van der Waals surface area contributed by atoms with Crippen molar-refractivity contribution in [1.29, 1.82) is 0 Å². The number of nitrogen functional groups attached to an aromatic ring is 1. The average Bonchev–Trinajstić information content (AvgIpc) is 2.85. The van der Waals surface area contributed by atoms with Crippen LogP contribution >= 0.6 is 11.3 Å². The Bertz CT molecular complexity index is 539. The van der Waals surface area contributed by atoms with E-state index in [1.807, 2.05) is 35.7 Å². The highest BCUT2D eigenvalue weighted by Crippen LogP contribution is 2.20. The lowest BCUT2D eigenvalue weighted by Crippen LogP contribution is -2.30. The van der Waals surface area contributed by atoms with E-state index in [9.17, 15) is 4.79 Å². The third-order valence-electron chi connectivity index (χ3n) is 2.68. The molecule has 0 fully saturated rings. The molecule has 1 amide bonds. The van der Waals surface area contributed by atoms with Crippen molar-refractivity contribution in [2.24, 2.45) is 0 Å². The summed E-state index contributed by atoms with van der Waals surface area (Å²) in [5, 5.41) is 1.82. The van der Waals surface area contributed by atoms with Crippen LogP contribution in [0, 0.1) is 0 Å². The quantitative estimate of drug-likeness (QED) is 0.912. The second-order valence-corrected chi connectivity index (χ2v) is 5.01. The number of nitrogens with two attached hydrogens (primary N) is 1. The number of nitrogens with zero attached hydrogens (tertiary/aromatic N) is 1. The maximum absolute atomic E-state index is 12.1. The minimum atomic E-state index is -0.0656. The molecule has 0 aliphatic heterocycles. The zero-order chi connectivity index (χ0) is 13.7. The second kappa shape index (κ2) is 6.24. The van der Waals surface area contributed by atoms with Gasteiger partial charge in [0.05, 0.1) is 12.2 Å². The Hall–Kier alpha value is -2.01. The van der Waals surface area contributed by atoms with Gasteiger partial charge in [0, 0.05) is 7.05 Å². The molecule has 2 aromatic rings. The first kappa shape index (κ1) is 13.4. The van der Waals surface area contributed by atoms with Crippen LogP contribution in [0.4, 0.5) is 5.69 Å². The van der Waals surface area contributed by atoms with Crippen LogP contribution in [0.2, 0.25) is 0 Å². The Morgan fingerprint density at radius 2 is 2.05 bits per heavy atom. The number of rotatable bonds is 5. The third kappa shape index (κ3) is 3.48. The Morgan fingerprint density at radius 1 is 1.32 bits per heavy atom. The van der Waals surface area contributed by atoms with E-state index in [4.69, 9.17) is 10.5 Å². The third-order valence-corrected chi connectivity index (χ3v) is 3.59. The fourth-order valence-corrected chi connectivity index (χ4v) is 2.40. The van der Waals surface area contributed by atoms with Crippen molar-refractivity contribution in [3.05, 3.63) is 46.7 Å². The van der Waals surface area contributed by atoms with Crippen molar-refractivity contribution in [1.82, 2.24) is 4.90 Å². The van der Waals surface area contributed by atoms with E-state index in [0.29, 0.717) is 23.7 Å². The molecule has 19 heavy (non-hydrogen) atoms. The molecule has 2 N–H and O–H groups in total. The number of likely N-dealkylation sites (N-methyl/N-ethyl adjacent to an activating group) is 1. The minimum absolute atomic E-state index is 0.0656. The molecular formula is C14H16N2O2S. The number of para-hydroxylation sites is 1. The molecule has 1 aromatic carbocycles. The van der Waals surface area contributed by atoms with Gasteiger partial charge in [-0.25, -0.2) is 0 Å². The molecule has 0 bridgehead atoms. The number of hydrogen-bond donors (Lipinski definition) is 1. The maximum Gasteiger partial charge on any atom is 0.265 e. The van der Waals surface area contributed by atoms with Gasteiger partial charge < -0.3 is 15.4 Å². The van der Waals surface area contributed by atoms with Gasteiger partial charge in [0.25, 0.3) is 5.91 Å². The van der Waals surface area contributed by atoms with E-state index in [2.05, 4.69) is 0 Å². The lowest BCUT2D eigenvalue weighted by atomic mass is 10.3. The van der Waals surface area contributed by atoms with Crippen molar-refractivity contribution in [2.45, 2.75) is 0 Å².